The van der Waals surface area contributed by atoms with Crippen molar-refractivity contribution in [1.29, 1.82) is 0 Å². The minimum absolute atomic E-state index is 0.430. The molecule has 2 aromatic heterocycles. The van der Waals surface area contributed by atoms with Crippen molar-refractivity contribution in [3.63, 3.8) is 0 Å². The van der Waals surface area contributed by atoms with Crippen LogP contribution < -0.4 is 0 Å². The number of aryl methyl sites for hydroxylation is 1. The zero-order valence-electron chi connectivity index (χ0n) is 11.5. The molecule has 0 saturated heterocycles. The zero-order chi connectivity index (χ0) is 14.8. The van der Waals surface area contributed by atoms with Crippen molar-refractivity contribution in [3.05, 3.63) is 58.9 Å². The first-order valence-corrected chi connectivity index (χ1v) is 7.49. The number of thiophene rings is 1. The molecule has 3 aromatic rings. The number of carboxylic acid groups (broad SMARTS) is 1. The summed E-state index contributed by atoms with van der Waals surface area (Å²) >= 11 is 1.50. The summed E-state index contributed by atoms with van der Waals surface area (Å²) in [5.74, 6) is -1.52. The second-order valence-corrected chi connectivity index (χ2v) is 5.88. The van der Waals surface area contributed by atoms with Gasteiger partial charge in [-0.1, -0.05) is 29.8 Å². The molecule has 0 aliphatic carbocycles. The van der Waals surface area contributed by atoms with Crippen molar-refractivity contribution in [2.24, 2.45) is 0 Å². The van der Waals surface area contributed by atoms with Crippen LogP contribution in [-0.4, -0.2) is 21.0 Å². The molecule has 2 heterocycles. The van der Waals surface area contributed by atoms with E-state index in [4.69, 9.17) is 0 Å². The Balaban J connectivity index is 2.02. The van der Waals surface area contributed by atoms with Crippen molar-refractivity contribution in [3.8, 4) is 0 Å². The van der Waals surface area contributed by atoms with Gasteiger partial charge in [0.1, 0.15) is 17.1 Å². The van der Waals surface area contributed by atoms with Crippen LogP contribution in [0.4, 0.5) is 0 Å². The molecule has 0 aliphatic heterocycles. The molecular formula is C16H14N2O2S. The van der Waals surface area contributed by atoms with Gasteiger partial charge in [-0.15, -0.1) is 11.3 Å². The maximum absolute atomic E-state index is 11.7. The lowest BCUT2D eigenvalue weighted by Gasteiger charge is -2.13. The highest BCUT2D eigenvalue weighted by Crippen LogP contribution is 2.28. The first-order valence-electron chi connectivity index (χ1n) is 6.61. The minimum Gasteiger partial charge on any atom is -0.481 e. The number of carboxylic acids is 1. The van der Waals surface area contributed by atoms with Gasteiger partial charge in [-0.2, -0.15) is 0 Å². The molecule has 1 N–H and O–H groups in total. The molecule has 0 amide bonds. The summed E-state index contributed by atoms with van der Waals surface area (Å²) in [5, 5.41) is 12.3. The lowest BCUT2D eigenvalue weighted by Crippen LogP contribution is -2.16. The largest absolute Gasteiger partial charge is 0.481 e. The van der Waals surface area contributed by atoms with Crippen molar-refractivity contribution < 1.29 is 9.90 Å². The van der Waals surface area contributed by atoms with Crippen molar-refractivity contribution >= 4 is 27.5 Å². The van der Waals surface area contributed by atoms with Crippen LogP contribution in [0.15, 0.2) is 42.0 Å². The van der Waals surface area contributed by atoms with Gasteiger partial charge >= 0.3 is 5.97 Å². The van der Waals surface area contributed by atoms with E-state index in [0.29, 0.717) is 12.1 Å². The Morgan fingerprint density at radius 1 is 1.33 bits per heavy atom. The Kier molecular flexibility index (Phi) is 3.66. The Hall–Kier alpha value is -2.27. The summed E-state index contributed by atoms with van der Waals surface area (Å²) in [6.45, 7) is 2.00. The molecule has 106 valence electrons. The van der Waals surface area contributed by atoms with Crippen LogP contribution in [0.25, 0.3) is 10.2 Å². The standard InChI is InChI=1S/C16H14N2O2S/c1-10-3-2-4-11(7-10)8-13(16(19)20)14-12-5-6-21-15(12)18-9-17-14/h2-7,9,13H,8H2,1H3,(H,19,20). The van der Waals surface area contributed by atoms with E-state index in [1.54, 1.807) is 0 Å². The number of hydrogen-bond donors (Lipinski definition) is 1. The average molecular weight is 298 g/mol. The van der Waals surface area contributed by atoms with E-state index in [2.05, 4.69) is 9.97 Å². The van der Waals surface area contributed by atoms with E-state index < -0.39 is 11.9 Å². The maximum atomic E-state index is 11.7. The normalized spacial score (nSPS) is 12.4. The number of carbonyl (C=O) groups is 1. The van der Waals surface area contributed by atoms with Crippen LogP contribution in [0, 0.1) is 6.92 Å². The van der Waals surface area contributed by atoms with Gasteiger partial charge in [0.2, 0.25) is 0 Å². The first kappa shape index (κ1) is 13.7. The summed E-state index contributed by atoms with van der Waals surface area (Å²) in [5.41, 5.74) is 2.72. The number of nitrogens with zero attached hydrogens (tertiary/aromatic N) is 2. The van der Waals surface area contributed by atoms with Gasteiger partial charge in [-0.25, -0.2) is 9.97 Å². The van der Waals surface area contributed by atoms with E-state index in [1.807, 2.05) is 42.6 Å². The van der Waals surface area contributed by atoms with Gasteiger partial charge in [0, 0.05) is 5.39 Å². The second kappa shape index (κ2) is 5.61. The summed E-state index contributed by atoms with van der Waals surface area (Å²) in [6.07, 6.45) is 1.87. The highest BCUT2D eigenvalue weighted by atomic mass is 32.1. The molecule has 0 bridgehead atoms. The zero-order valence-corrected chi connectivity index (χ0v) is 12.3. The van der Waals surface area contributed by atoms with Crippen LogP contribution in [0.1, 0.15) is 22.7 Å². The molecule has 0 radical (unpaired) electrons. The molecule has 1 aromatic carbocycles. The lowest BCUT2D eigenvalue weighted by atomic mass is 9.94. The summed E-state index contributed by atoms with van der Waals surface area (Å²) in [7, 11) is 0. The number of fused-ring (bicyclic) bond motifs is 1. The predicted molar refractivity (Wildman–Crippen MR) is 82.7 cm³/mol. The molecule has 0 saturated carbocycles. The molecule has 21 heavy (non-hydrogen) atoms. The van der Waals surface area contributed by atoms with Crippen LogP contribution in [-0.2, 0) is 11.2 Å². The topological polar surface area (TPSA) is 63.1 Å². The highest BCUT2D eigenvalue weighted by molar-refractivity contribution is 7.16. The quantitative estimate of drug-likeness (QED) is 0.801. The van der Waals surface area contributed by atoms with Crippen LogP contribution in [0.2, 0.25) is 0 Å². The van der Waals surface area contributed by atoms with E-state index in [0.717, 1.165) is 21.3 Å². The number of benzene rings is 1. The smallest absolute Gasteiger partial charge is 0.312 e. The second-order valence-electron chi connectivity index (χ2n) is 4.98. The number of hydrogen-bond acceptors (Lipinski definition) is 4. The van der Waals surface area contributed by atoms with E-state index in [9.17, 15) is 9.90 Å². The van der Waals surface area contributed by atoms with E-state index >= 15 is 0 Å². The lowest BCUT2D eigenvalue weighted by molar-refractivity contribution is -0.138. The molecule has 0 aliphatic rings. The number of rotatable bonds is 4. The summed E-state index contributed by atoms with van der Waals surface area (Å²) in [6, 6.07) is 9.81. The number of aliphatic carboxylic acids is 1. The van der Waals surface area contributed by atoms with Gasteiger partial charge < -0.3 is 5.11 Å². The Labute approximate surface area is 126 Å². The Morgan fingerprint density at radius 2 is 2.19 bits per heavy atom. The molecule has 0 fully saturated rings. The molecule has 3 rings (SSSR count). The van der Waals surface area contributed by atoms with Crippen molar-refractivity contribution in [2.75, 3.05) is 0 Å². The fourth-order valence-electron chi connectivity index (χ4n) is 2.46. The van der Waals surface area contributed by atoms with Crippen LogP contribution in [0.5, 0.6) is 0 Å². The highest BCUT2D eigenvalue weighted by Gasteiger charge is 2.24. The van der Waals surface area contributed by atoms with E-state index in [1.165, 1.54) is 17.7 Å². The minimum atomic E-state index is -0.859. The van der Waals surface area contributed by atoms with Gasteiger partial charge in [-0.05, 0) is 30.4 Å². The molecule has 0 spiro atoms. The molecular weight excluding hydrogens is 284 g/mol. The number of aromatic nitrogens is 2. The SMILES string of the molecule is Cc1cccc(CC(C(=O)O)c2ncnc3sccc23)c1. The predicted octanol–water partition coefficient (Wildman–Crippen LogP) is 3.41. The van der Waals surface area contributed by atoms with Crippen molar-refractivity contribution in [1.82, 2.24) is 9.97 Å². The third kappa shape index (κ3) is 2.78. The van der Waals surface area contributed by atoms with Gasteiger partial charge in [-0.3, -0.25) is 4.79 Å². The molecule has 4 nitrogen and oxygen atoms in total. The maximum Gasteiger partial charge on any atom is 0.312 e. The average Bonchev–Trinajstić information content (AvgIpc) is 2.93. The van der Waals surface area contributed by atoms with Crippen LogP contribution >= 0.6 is 11.3 Å². The van der Waals surface area contributed by atoms with E-state index in [-0.39, 0.29) is 0 Å². The third-order valence-corrected chi connectivity index (χ3v) is 4.26. The molecule has 5 heteroatoms. The van der Waals surface area contributed by atoms with Crippen molar-refractivity contribution in [2.45, 2.75) is 19.3 Å². The monoisotopic (exact) mass is 298 g/mol. The van der Waals surface area contributed by atoms with Gasteiger partial charge in [0.05, 0.1) is 5.69 Å². The molecule has 1 atom stereocenters. The Morgan fingerprint density at radius 3 is 2.95 bits per heavy atom. The first-order chi connectivity index (χ1) is 10.1. The van der Waals surface area contributed by atoms with Gasteiger partial charge in [0.15, 0.2) is 0 Å². The summed E-state index contributed by atoms with van der Waals surface area (Å²) < 4.78 is 0. The fourth-order valence-corrected chi connectivity index (χ4v) is 3.20. The summed E-state index contributed by atoms with van der Waals surface area (Å²) in [4.78, 5) is 20.9. The van der Waals surface area contributed by atoms with Crippen LogP contribution in [0.3, 0.4) is 0 Å². The Bertz CT molecular complexity index is 798. The van der Waals surface area contributed by atoms with Gasteiger partial charge in [0.25, 0.3) is 0 Å². The molecule has 1 unspecified atom stereocenters. The third-order valence-electron chi connectivity index (χ3n) is 3.44. The fraction of sp³-hybridized carbons (Fsp3) is 0.188.